The molecular formula is C13H15NO4. The summed E-state index contributed by atoms with van der Waals surface area (Å²) in [6.45, 7) is 3.59. The number of hydrogen-bond acceptors (Lipinski definition) is 3. The lowest BCUT2D eigenvalue weighted by Gasteiger charge is -2.20. The van der Waals surface area contributed by atoms with Crippen LogP contribution in [0.15, 0.2) is 12.1 Å². The van der Waals surface area contributed by atoms with Gasteiger partial charge in [-0.05, 0) is 25.0 Å². The zero-order valence-electron chi connectivity index (χ0n) is 10.5. The lowest BCUT2D eigenvalue weighted by atomic mass is 9.87. The highest BCUT2D eigenvalue weighted by Crippen LogP contribution is 2.45. The van der Waals surface area contributed by atoms with Gasteiger partial charge in [0, 0.05) is 12.6 Å². The molecular weight excluding hydrogens is 234 g/mol. The molecule has 1 aliphatic rings. The summed E-state index contributed by atoms with van der Waals surface area (Å²) in [5.74, 6) is -1.79. The van der Waals surface area contributed by atoms with Crippen LogP contribution in [-0.2, 0) is 15.2 Å². The van der Waals surface area contributed by atoms with E-state index in [0.29, 0.717) is 11.3 Å². The Labute approximate surface area is 105 Å². The Kier molecular flexibility index (Phi) is 2.66. The molecule has 0 radical (unpaired) electrons. The van der Waals surface area contributed by atoms with Crippen LogP contribution in [0.25, 0.3) is 0 Å². The highest BCUT2D eigenvalue weighted by Gasteiger charge is 2.51. The van der Waals surface area contributed by atoms with Crippen LogP contribution in [0, 0.1) is 13.8 Å². The summed E-state index contributed by atoms with van der Waals surface area (Å²) in [5, 5.41) is 19.4. The van der Waals surface area contributed by atoms with Crippen molar-refractivity contribution in [3.63, 3.8) is 0 Å². The monoisotopic (exact) mass is 249 g/mol. The number of amides is 1. The zero-order chi connectivity index (χ0) is 13.7. The van der Waals surface area contributed by atoms with Gasteiger partial charge in [0.15, 0.2) is 5.60 Å². The summed E-state index contributed by atoms with van der Waals surface area (Å²) in [6.07, 6.45) is -0.618. The number of fused-ring (bicyclic) bond motifs is 1. The van der Waals surface area contributed by atoms with E-state index in [9.17, 15) is 14.7 Å². The molecule has 1 heterocycles. The van der Waals surface area contributed by atoms with Gasteiger partial charge >= 0.3 is 5.97 Å². The maximum atomic E-state index is 12.1. The van der Waals surface area contributed by atoms with Gasteiger partial charge in [-0.1, -0.05) is 12.1 Å². The lowest BCUT2D eigenvalue weighted by molar-refractivity contribution is -0.150. The minimum atomic E-state index is -1.95. The molecule has 0 aliphatic carbocycles. The number of anilines is 1. The Hall–Kier alpha value is -1.88. The van der Waals surface area contributed by atoms with Crippen LogP contribution in [0.5, 0.6) is 0 Å². The van der Waals surface area contributed by atoms with E-state index in [0.717, 1.165) is 11.1 Å². The van der Waals surface area contributed by atoms with E-state index in [1.165, 1.54) is 4.90 Å². The Morgan fingerprint density at radius 3 is 2.44 bits per heavy atom. The van der Waals surface area contributed by atoms with E-state index in [4.69, 9.17) is 5.11 Å². The number of rotatable bonds is 2. The number of aliphatic hydroxyl groups is 1. The Morgan fingerprint density at radius 2 is 1.89 bits per heavy atom. The first-order valence-corrected chi connectivity index (χ1v) is 5.62. The van der Waals surface area contributed by atoms with Gasteiger partial charge in [-0.15, -0.1) is 0 Å². The molecule has 1 aliphatic heterocycles. The molecule has 5 nitrogen and oxygen atoms in total. The Balaban J connectivity index is 2.72. The summed E-state index contributed by atoms with van der Waals surface area (Å²) >= 11 is 0. The van der Waals surface area contributed by atoms with Crippen LogP contribution >= 0.6 is 0 Å². The lowest BCUT2D eigenvalue weighted by Crippen LogP contribution is -2.40. The van der Waals surface area contributed by atoms with Crippen molar-refractivity contribution in [2.75, 3.05) is 11.9 Å². The molecule has 0 bridgehead atoms. The minimum Gasteiger partial charge on any atom is -0.481 e. The molecule has 0 saturated carbocycles. The van der Waals surface area contributed by atoms with Crippen LogP contribution in [0.4, 0.5) is 5.69 Å². The molecule has 0 fully saturated rings. The minimum absolute atomic E-state index is 0.414. The summed E-state index contributed by atoms with van der Waals surface area (Å²) in [6, 6.07) is 3.64. The molecule has 18 heavy (non-hydrogen) atoms. The third-order valence-corrected chi connectivity index (χ3v) is 3.40. The van der Waals surface area contributed by atoms with E-state index in [1.807, 2.05) is 13.0 Å². The molecule has 0 spiro atoms. The molecule has 0 saturated heterocycles. The van der Waals surface area contributed by atoms with Crippen LogP contribution in [-0.4, -0.2) is 29.1 Å². The number of nitrogens with zero attached hydrogens (tertiary/aromatic N) is 1. The maximum absolute atomic E-state index is 12.1. The van der Waals surface area contributed by atoms with Gasteiger partial charge in [-0.25, -0.2) is 0 Å². The number of carboxylic acid groups (broad SMARTS) is 1. The molecule has 5 heteroatoms. The SMILES string of the molecule is Cc1ccc(C)c2c1N(C)C(=O)C2(O)CC(=O)O. The first kappa shape index (κ1) is 12.6. The van der Waals surface area contributed by atoms with Crippen molar-refractivity contribution in [1.82, 2.24) is 0 Å². The van der Waals surface area contributed by atoms with Gasteiger partial charge in [0.25, 0.3) is 5.91 Å². The molecule has 0 aromatic heterocycles. The molecule has 1 atom stereocenters. The summed E-state index contributed by atoms with van der Waals surface area (Å²) in [5.41, 5.74) is 0.636. The van der Waals surface area contributed by atoms with Gasteiger partial charge in [0.05, 0.1) is 12.1 Å². The van der Waals surface area contributed by atoms with Gasteiger partial charge < -0.3 is 15.1 Å². The first-order valence-electron chi connectivity index (χ1n) is 5.62. The summed E-state index contributed by atoms with van der Waals surface area (Å²) in [7, 11) is 1.55. The quantitative estimate of drug-likeness (QED) is 0.817. The van der Waals surface area contributed by atoms with Crippen LogP contribution in [0.1, 0.15) is 23.1 Å². The fraction of sp³-hybridized carbons (Fsp3) is 0.385. The molecule has 1 amide bonds. The second kappa shape index (κ2) is 3.81. The van der Waals surface area contributed by atoms with Crippen molar-refractivity contribution in [3.8, 4) is 0 Å². The zero-order valence-corrected chi connectivity index (χ0v) is 10.5. The van der Waals surface area contributed by atoms with Crippen molar-refractivity contribution >= 4 is 17.6 Å². The molecule has 96 valence electrons. The molecule has 2 rings (SSSR count). The molecule has 1 aromatic rings. The van der Waals surface area contributed by atoms with Crippen molar-refractivity contribution in [1.29, 1.82) is 0 Å². The number of aliphatic carboxylic acids is 1. The maximum Gasteiger partial charge on any atom is 0.307 e. The number of hydrogen-bond donors (Lipinski definition) is 2. The van der Waals surface area contributed by atoms with Crippen molar-refractivity contribution in [2.24, 2.45) is 0 Å². The normalized spacial score (nSPS) is 22.2. The van der Waals surface area contributed by atoms with Gasteiger partial charge in [-0.3, -0.25) is 9.59 Å². The van der Waals surface area contributed by atoms with Crippen LogP contribution < -0.4 is 4.90 Å². The molecule has 1 unspecified atom stereocenters. The predicted molar refractivity (Wildman–Crippen MR) is 65.5 cm³/mol. The van der Waals surface area contributed by atoms with Crippen molar-refractivity contribution < 1.29 is 19.8 Å². The third kappa shape index (κ3) is 1.51. The number of aryl methyl sites for hydroxylation is 2. The van der Waals surface area contributed by atoms with E-state index < -0.39 is 23.9 Å². The highest BCUT2D eigenvalue weighted by molar-refractivity contribution is 6.09. The van der Waals surface area contributed by atoms with E-state index in [1.54, 1.807) is 20.0 Å². The summed E-state index contributed by atoms with van der Waals surface area (Å²) < 4.78 is 0. The average molecular weight is 249 g/mol. The van der Waals surface area contributed by atoms with Crippen LogP contribution in [0.2, 0.25) is 0 Å². The van der Waals surface area contributed by atoms with Crippen molar-refractivity contribution in [3.05, 3.63) is 28.8 Å². The topological polar surface area (TPSA) is 77.8 Å². The van der Waals surface area contributed by atoms with Gasteiger partial charge in [0.2, 0.25) is 0 Å². The Morgan fingerprint density at radius 1 is 1.33 bits per heavy atom. The number of benzene rings is 1. The predicted octanol–water partition coefficient (Wildman–Crippen LogP) is 0.942. The standard InChI is InChI=1S/C13H15NO4/c1-7-4-5-8(2)11-10(7)13(18,6-9(15)16)12(17)14(11)3/h4-5,18H,6H2,1-3H3,(H,15,16). The van der Waals surface area contributed by atoms with Crippen LogP contribution in [0.3, 0.4) is 0 Å². The average Bonchev–Trinajstić information content (AvgIpc) is 2.46. The highest BCUT2D eigenvalue weighted by atomic mass is 16.4. The number of carboxylic acids is 1. The van der Waals surface area contributed by atoms with E-state index in [2.05, 4.69) is 0 Å². The van der Waals surface area contributed by atoms with E-state index >= 15 is 0 Å². The van der Waals surface area contributed by atoms with Gasteiger partial charge in [-0.2, -0.15) is 0 Å². The fourth-order valence-corrected chi connectivity index (χ4v) is 2.62. The molecule has 2 N–H and O–H groups in total. The Bertz CT molecular complexity index is 552. The first-order chi connectivity index (χ1) is 8.29. The summed E-state index contributed by atoms with van der Waals surface area (Å²) in [4.78, 5) is 24.4. The van der Waals surface area contributed by atoms with Gasteiger partial charge in [0.1, 0.15) is 0 Å². The molecule has 1 aromatic carbocycles. The largest absolute Gasteiger partial charge is 0.481 e. The fourth-order valence-electron chi connectivity index (χ4n) is 2.62. The number of carbonyl (C=O) groups excluding carboxylic acids is 1. The number of likely N-dealkylation sites (N-methyl/N-ethyl adjacent to an activating group) is 1. The second-order valence-corrected chi connectivity index (χ2v) is 4.72. The smallest absolute Gasteiger partial charge is 0.307 e. The third-order valence-electron chi connectivity index (χ3n) is 3.40. The number of carbonyl (C=O) groups is 2. The van der Waals surface area contributed by atoms with Crippen molar-refractivity contribution in [2.45, 2.75) is 25.9 Å². The second-order valence-electron chi connectivity index (χ2n) is 4.72. The van der Waals surface area contributed by atoms with E-state index in [-0.39, 0.29) is 0 Å².